The highest BCUT2D eigenvalue weighted by atomic mass is 16.6. The van der Waals surface area contributed by atoms with Gasteiger partial charge < -0.3 is 80.4 Å². The fourth-order valence-electron chi connectivity index (χ4n) is 13.6. The minimum atomic E-state index is -1.36. The summed E-state index contributed by atoms with van der Waals surface area (Å²) >= 11 is 0. The molecule has 9 N–H and O–H groups in total. The molecule has 3 atom stereocenters. The third-order valence-corrected chi connectivity index (χ3v) is 18.5. The molecule has 4 aliphatic carbocycles. The van der Waals surface area contributed by atoms with E-state index in [4.69, 9.17) is 33.2 Å². The van der Waals surface area contributed by atoms with Crippen molar-refractivity contribution < 1.29 is 96.4 Å². The Morgan fingerprint density at radius 2 is 0.535 bits per heavy atom. The largest absolute Gasteiger partial charge is 0.480 e. The molecule has 26 nitrogen and oxygen atoms in total. The Balaban J connectivity index is 0.000000177. The van der Waals surface area contributed by atoms with Crippen LogP contribution in [0.2, 0.25) is 0 Å². The number of rotatable bonds is 23. The SMILES string of the molecule is CC(=O)OCC1c2ccccc2-c2ccccc21.CC(C)(C)OC(=O)NCCC[C@H](NC(=O)OCC1c2ccccc2-c2ccccc21)C(=O)O.CC(C)(C)OC(=O)NCC[C@H](NC(=O)OCC1c2ccccc2-c2ccccc21)C(=O)O.CC(C)(C)OC(=O)NC[C@H](NC(=O)OCC1c2ccccc2-c2ccccc21)C(=O)O. The Morgan fingerprint density at radius 3 is 0.789 bits per heavy atom. The van der Waals surface area contributed by atoms with Crippen LogP contribution >= 0.6 is 0 Å². The Morgan fingerprint density at radius 1 is 0.307 bits per heavy atom. The van der Waals surface area contributed by atoms with Gasteiger partial charge in [-0.25, -0.2) is 43.2 Å². The molecule has 8 aromatic rings. The summed E-state index contributed by atoms with van der Waals surface area (Å²) in [6.07, 6.45) is -4.01. The predicted molar refractivity (Wildman–Crippen MR) is 426 cm³/mol. The van der Waals surface area contributed by atoms with Gasteiger partial charge in [0.05, 0.1) is 6.54 Å². The summed E-state index contributed by atoms with van der Waals surface area (Å²) in [5.41, 5.74) is 16.0. The molecule has 0 fully saturated rings. The molecule has 12 rings (SSSR count). The van der Waals surface area contributed by atoms with Crippen LogP contribution in [0.15, 0.2) is 194 Å². The van der Waals surface area contributed by atoms with Gasteiger partial charge in [-0.3, -0.25) is 4.79 Å². The van der Waals surface area contributed by atoms with Gasteiger partial charge in [0.2, 0.25) is 0 Å². The fraction of sp³-hybridized carbons (Fsp3) is 0.341. The monoisotopic (exact) mass is 1560 g/mol. The standard InChI is InChI=1S/C25H30N2O6.C24H28N2O6.C23H26N2O6.C16H14O2/c1-25(2,3)33-23(30)26-14-8-13-21(22(28)29)27-24(31)32-15-20-18-11-6-4-9-16(18)17-10-5-7-12-19(17)20;1-24(2,3)32-22(29)25-13-12-20(21(27)28)26-23(30)31-14-19-17-10-6-4-8-15(17)16-9-5-7-11-18(16)19;1-23(2,3)31-21(28)24-12-19(20(26)27)25-22(29)30-13-18-16-10-6-4-8-14(16)15-9-5-7-11-17(15)18;1-11(17)18-10-16-14-8-4-2-6-12(14)13-7-3-5-9-15(13)16/h4-7,9-12,20-21H,8,13-15H2,1-3H3,(H,26,30)(H,27,31)(H,28,29);4-11,19-20H,12-14H2,1-3H3,(H,25,29)(H,26,30)(H,27,28);4-11,18-19H,12-13H2,1-3H3,(H,24,28)(H,25,29)(H,26,27);2-9,16H,10H2,1H3/t21-;20-;19-;/m000./s1. The topological polar surface area (TPSA) is 368 Å². The summed E-state index contributed by atoms with van der Waals surface area (Å²) in [6, 6.07) is 60.6. The maximum Gasteiger partial charge on any atom is 0.407 e. The maximum atomic E-state index is 12.3. The van der Waals surface area contributed by atoms with Crippen LogP contribution < -0.4 is 31.9 Å². The number of hydrogen-bond donors (Lipinski definition) is 9. The quantitative estimate of drug-likeness (QED) is 0.0163. The number of hydrogen-bond acceptors (Lipinski definition) is 17. The molecule has 0 radical (unpaired) electrons. The number of ether oxygens (including phenoxy) is 7. The van der Waals surface area contributed by atoms with Crippen LogP contribution in [-0.4, -0.2) is 157 Å². The Hall–Kier alpha value is -12.7. The summed E-state index contributed by atoms with van der Waals surface area (Å²) in [6.45, 7) is 17.6. The van der Waals surface area contributed by atoms with Gasteiger partial charge in [-0.1, -0.05) is 194 Å². The van der Waals surface area contributed by atoms with Crippen molar-refractivity contribution in [2.24, 2.45) is 0 Å². The van der Waals surface area contributed by atoms with Gasteiger partial charge in [0.25, 0.3) is 0 Å². The van der Waals surface area contributed by atoms with Crippen LogP contribution in [-0.2, 0) is 52.3 Å². The lowest BCUT2D eigenvalue weighted by atomic mass is 9.98. The number of fused-ring (bicyclic) bond motifs is 12. The highest BCUT2D eigenvalue weighted by molar-refractivity contribution is 5.85. The van der Waals surface area contributed by atoms with E-state index in [1.54, 1.807) is 62.3 Å². The Kier molecular flexibility index (Phi) is 29.1. The molecule has 8 aromatic carbocycles. The summed E-state index contributed by atoms with van der Waals surface area (Å²) < 4.78 is 36.7. The fourth-order valence-corrected chi connectivity index (χ4v) is 13.6. The molecule has 6 amide bonds. The van der Waals surface area contributed by atoms with Crippen molar-refractivity contribution in [1.29, 1.82) is 0 Å². The third kappa shape index (κ3) is 23.9. The molecular formula is C88H98N6O20. The predicted octanol–water partition coefficient (Wildman–Crippen LogP) is 15.0. The Labute approximate surface area is 662 Å². The van der Waals surface area contributed by atoms with Crippen molar-refractivity contribution in [3.05, 3.63) is 239 Å². The minimum absolute atomic E-state index is 0.0151. The first-order valence-corrected chi connectivity index (χ1v) is 37.5. The van der Waals surface area contributed by atoms with E-state index >= 15 is 0 Å². The summed E-state index contributed by atoms with van der Waals surface area (Å²) in [5.74, 6) is -4.11. The van der Waals surface area contributed by atoms with Crippen molar-refractivity contribution in [2.75, 3.05) is 46.1 Å². The second kappa shape index (κ2) is 38.9. The molecule has 26 heteroatoms. The lowest BCUT2D eigenvalue weighted by Gasteiger charge is -2.21. The number of alkyl carbamates (subject to hydrolysis) is 6. The summed E-state index contributed by atoms with van der Waals surface area (Å²) in [7, 11) is 0. The number of amides is 6. The average molecular weight is 1560 g/mol. The number of esters is 1. The molecule has 0 unspecified atom stereocenters. The van der Waals surface area contributed by atoms with Crippen molar-refractivity contribution in [3.63, 3.8) is 0 Å². The number of carboxylic acid groups (broad SMARTS) is 3. The van der Waals surface area contributed by atoms with Crippen molar-refractivity contribution in [3.8, 4) is 44.5 Å². The zero-order chi connectivity index (χ0) is 82.4. The van der Waals surface area contributed by atoms with Gasteiger partial charge in [0, 0.05) is 43.7 Å². The molecule has 0 aromatic heterocycles. The number of carbonyl (C=O) groups excluding carboxylic acids is 7. The van der Waals surface area contributed by atoms with Gasteiger partial charge in [-0.2, -0.15) is 0 Å². The Bertz CT molecular complexity index is 4590. The lowest BCUT2D eigenvalue weighted by molar-refractivity contribution is -0.141. The lowest BCUT2D eigenvalue weighted by Crippen LogP contribution is -2.49. The van der Waals surface area contributed by atoms with Crippen LogP contribution in [0, 0.1) is 0 Å². The van der Waals surface area contributed by atoms with Crippen LogP contribution in [0.5, 0.6) is 0 Å². The van der Waals surface area contributed by atoms with Gasteiger partial charge in [-0.15, -0.1) is 0 Å². The zero-order valence-electron chi connectivity index (χ0n) is 65.4. The molecule has 600 valence electrons. The molecule has 0 heterocycles. The molecule has 4 aliphatic rings. The van der Waals surface area contributed by atoms with E-state index < -0.39 is 89.4 Å². The van der Waals surface area contributed by atoms with Gasteiger partial charge >= 0.3 is 60.4 Å². The minimum Gasteiger partial charge on any atom is -0.480 e. The third-order valence-electron chi connectivity index (χ3n) is 18.5. The first-order chi connectivity index (χ1) is 54.2. The number of carbonyl (C=O) groups is 10. The highest BCUT2D eigenvalue weighted by Crippen LogP contribution is 2.48. The van der Waals surface area contributed by atoms with Crippen molar-refractivity contribution in [1.82, 2.24) is 31.9 Å². The highest BCUT2D eigenvalue weighted by Gasteiger charge is 2.35. The molecular weight excluding hydrogens is 1460 g/mol. The average Bonchev–Trinajstić information content (AvgIpc) is 1.64. The van der Waals surface area contributed by atoms with Crippen LogP contribution in [0.1, 0.15) is 157 Å². The molecule has 114 heavy (non-hydrogen) atoms. The molecule has 0 saturated heterocycles. The van der Waals surface area contributed by atoms with Crippen molar-refractivity contribution in [2.45, 2.75) is 147 Å². The smallest absolute Gasteiger partial charge is 0.407 e. The van der Waals surface area contributed by atoms with E-state index in [1.807, 2.05) is 170 Å². The van der Waals surface area contributed by atoms with Gasteiger partial charge in [0.15, 0.2) is 0 Å². The number of carboxylic acids is 3. The van der Waals surface area contributed by atoms with E-state index in [1.165, 1.54) is 29.2 Å². The molecule has 0 saturated carbocycles. The molecule has 0 bridgehead atoms. The zero-order valence-corrected chi connectivity index (χ0v) is 65.4. The number of benzene rings is 8. The van der Waals surface area contributed by atoms with E-state index in [9.17, 15) is 63.3 Å². The van der Waals surface area contributed by atoms with Crippen molar-refractivity contribution >= 4 is 60.4 Å². The van der Waals surface area contributed by atoms with Gasteiger partial charge in [0.1, 0.15) is 61.4 Å². The second-order valence-corrected chi connectivity index (χ2v) is 30.3. The van der Waals surface area contributed by atoms with E-state index in [-0.39, 0.29) is 81.9 Å². The molecule has 0 spiro atoms. The van der Waals surface area contributed by atoms with Crippen LogP contribution in [0.4, 0.5) is 28.8 Å². The van der Waals surface area contributed by atoms with E-state index in [2.05, 4.69) is 56.2 Å². The van der Waals surface area contributed by atoms with Gasteiger partial charge in [-0.05, 0) is 171 Å². The van der Waals surface area contributed by atoms with Crippen LogP contribution in [0.3, 0.4) is 0 Å². The first-order valence-electron chi connectivity index (χ1n) is 37.5. The normalized spacial score (nSPS) is 13.4. The van der Waals surface area contributed by atoms with Crippen LogP contribution in [0.25, 0.3) is 44.5 Å². The van der Waals surface area contributed by atoms with E-state index in [0.29, 0.717) is 13.0 Å². The first kappa shape index (κ1) is 85.3. The second-order valence-electron chi connectivity index (χ2n) is 30.3. The summed E-state index contributed by atoms with van der Waals surface area (Å²) in [4.78, 5) is 118. The number of aliphatic carboxylic acids is 3. The summed E-state index contributed by atoms with van der Waals surface area (Å²) in [5, 5.41) is 42.6. The van der Waals surface area contributed by atoms with E-state index in [0.717, 1.165) is 66.8 Å². The molecule has 0 aliphatic heterocycles. The number of nitrogens with one attached hydrogen (secondary N) is 6. The maximum absolute atomic E-state index is 12.3.